The summed E-state index contributed by atoms with van der Waals surface area (Å²) in [5.74, 6) is 0.964. The van der Waals surface area contributed by atoms with E-state index in [-0.39, 0.29) is 11.5 Å². The molecule has 0 saturated heterocycles. The Kier molecular flexibility index (Phi) is 2.89. The van der Waals surface area contributed by atoms with Gasteiger partial charge in [-0.2, -0.15) is 0 Å². The maximum Gasteiger partial charge on any atom is 0.256 e. The molecule has 1 aromatic rings. The Labute approximate surface area is 90.2 Å². The predicted octanol–water partition coefficient (Wildman–Crippen LogP) is 2.17. The van der Waals surface area contributed by atoms with E-state index in [0.717, 1.165) is 12.1 Å². The molecule has 0 atom stereocenters. The van der Waals surface area contributed by atoms with Crippen molar-refractivity contribution in [2.45, 2.75) is 45.6 Å². The monoisotopic (exact) mass is 206 g/mol. The first kappa shape index (κ1) is 10.4. The van der Waals surface area contributed by atoms with E-state index < -0.39 is 0 Å². The summed E-state index contributed by atoms with van der Waals surface area (Å²) in [5, 5.41) is 0. The zero-order valence-corrected chi connectivity index (χ0v) is 9.44. The minimum Gasteiger partial charge on any atom is -0.299 e. The first-order valence-corrected chi connectivity index (χ1v) is 5.73. The molecule has 82 valence electrons. The van der Waals surface area contributed by atoms with E-state index in [4.69, 9.17) is 0 Å². The van der Waals surface area contributed by atoms with Crippen LogP contribution < -0.4 is 5.56 Å². The highest BCUT2D eigenvalue weighted by molar-refractivity contribution is 5.09. The lowest BCUT2D eigenvalue weighted by Gasteiger charge is -2.25. The first-order chi connectivity index (χ1) is 7.18. The molecule has 0 bridgehead atoms. The lowest BCUT2D eigenvalue weighted by molar-refractivity contribution is 0.272. The van der Waals surface area contributed by atoms with E-state index >= 15 is 0 Å². The summed E-state index contributed by atoms with van der Waals surface area (Å²) in [7, 11) is 0. The van der Waals surface area contributed by atoms with Gasteiger partial charge in [0.2, 0.25) is 0 Å². The van der Waals surface area contributed by atoms with Crippen LogP contribution in [-0.2, 0) is 6.54 Å². The molecule has 15 heavy (non-hydrogen) atoms. The molecule has 2 rings (SSSR count). The minimum atomic E-state index is 0.145. The van der Waals surface area contributed by atoms with Gasteiger partial charge in [-0.05, 0) is 24.7 Å². The molecule has 1 fully saturated rings. The van der Waals surface area contributed by atoms with Gasteiger partial charge in [-0.25, -0.2) is 4.98 Å². The molecule has 1 aromatic heterocycles. The fourth-order valence-corrected chi connectivity index (χ4v) is 1.95. The Balaban J connectivity index is 2.23. The summed E-state index contributed by atoms with van der Waals surface area (Å²) >= 11 is 0. The third-order valence-corrected chi connectivity index (χ3v) is 3.23. The summed E-state index contributed by atoms with van der Waals surface area (Å²) in [4.78, 5) is 16.1. The van der Waals surface area contributed by atoms with Crippen molar-refractivity contribution in [1.82, 2.24) is 9.55 Å². The highest BCUT2D eigenvalue weighted by atomic mass is 16.1. The number of hydrogen-bond donors (Lipinski definition) is 0. The summed E-state index contributed by atoms with van der Waals surface area (Å²) < 4.78 is 1.78. The van der Waals surface area contributed by atoms with Gasteiger partial charge in [-0.15, -0.1) is 0 Å². The molecule has 3 heteroatoms. The second kappa shape index (κ2) is 4.17. The highest BCUT2D eigenvalue weighted by Crippen LogP contribution is 2.27. The van der Waals surface area contributed by atoms with E-state index in [1.165, 1.54) is 19.3 Å². The van der Waals surface area contributed by atoms with Crippen molar-refractivity contribution in [3.63, 3.8) is 0 Å². The fraction of sp³-hybridized carbons (Fsp3) is 0.667. The van der Waals surface area contributed by atoms with Gasteiger partial charge in [0.15, 0.2) is 0 Å². The minimum absolute atomic E-state index is 0.145. The zero-order valence-electron chi connectivity index (χ0n) is 9.44. The van der Waals surface area contributed by atoms with Crippen molar-refractivity contribution < 1.29 is 0 Å². The van der Waals surface area contributed by atoms with Crippen LogP contribution in [0.1, 0.15) is 44.6 Å². The lowest BCUT2D eigenvalue weighted by Crippen LogP contribution is -2.29. The van der Waals surface area contributed by atoms with E-state index in [0.29, 0.717) is 5.92 Å². The normalized spacial score (nSPS) is 16.7. The molecule has 1 heterocycles. The highest BCUT2D eigenvalue weighted by Gasteiger charge is 2.19. The number of rotatable bonds is 3. The SMILES string of the molecule is CC(C)c1cncn(CC2CCC2)c1=O. The van der Waals surface area contributed by atoms with Crippen LogP contribution >= 0.6 is 0 Å². The second-order valence-electron chi connectivity index (χ2n) is 4.76. The van der Waals surface area contributed by atoms with Crippen LogP contribution in [0.15, 0.2) is 17.3 Å². The summed E-state index contributed by atoms with van der Waals surface area (Å²) in [6, 6.07) is 0. The van der Waals surface area contributed by atoms with Crippen LogP contribution in [0.4, 0.5) is 0 Å². The molecule has 0 unspecified atom stereocenters. The van der Waals surface area contributed by atoms with Crippen molar-refractivity contribution in [2.75, 3.05) is 0 Å². The summed E-state index contributed by atoms with van der Waals surface area (Å²) in [6.07, 6.45) is 7.21. The molecule has 0 radical (unpaired) electrons. The van der Waals surface area contributed by atoms with Gasteiger partial charge >= 0.3 is 0 Å². The molecule has 0 N–H and O–H groups in total. The van der Waals surface area contributed by atoms with Crippen LogP contribution in [0.3, 0.4) is 0 Å². The standard InChI is InChI=1S/C12H18N2O/c1-9(2)11-6-13-8-14(12(11)15)7-10-4-3-5-10/h6,8-10H,3-5,7H2,1-2H3. The molecular weight excluding hydrogens is 188 g/mol. The maximum absolute atomic E-state index is 12.0. The third-order valence-electron chi connectivity index (χ3n) is 3.23. The number of aromatic nitrogens is 2. The Bertz CT molecular complexity index is 391. The zero-order chi connectivity index (χ0) is 10.8. The topological polar surface area (TPSA) is 34.9 Å². The Hall–Kier alpha value is -1.12. The van der Waals surface area contributed by atoms with Crippen LogP contribution in [0, 0.1) is 5.92 Å². The van der Waals surface area contributed by atoms with Crippen LogP contribution in [0.2, 0.25) is 0 Å². The van der Waals surface area contributed by atoms with Crippen LogP contribution in [-0.4, -0.2) is 9.55 Å². The maximum atomic E-state index is 12.0. The van der Waals surface area contributed by atoms with Gasteiger partial charge in [-0.3, -0.25) is 9.36 Å². The van der Waals surface area contributed by atoms with Gasteiger partial charge in [0.25, 0.3) is 5.56 Å². The summed E-state index contributed by atoms with van der Waals surface area (Å²) in [6.45, 7) is 4.92. The first-order valence-electron chi connectivity index (χ1n) is 5.73. The van der Waals surface area contributed by atoms with Crippen molar-refractivity contribution in [2.24, 2.45) is 5.92 Å². The summed E-state index contributed by atoms with van der Waals surface area (Å²) in [5.41, 5.74) is 0.976. The predicted molar refractivity (Wildman–Crippen MR) is 59.9 cm³/mol. The van der Waals surface area contributed by atoms with Gasteiger partial charge in [0, 0.05) is 18.3 Å². The van der Waals surface area contributed by atoms with Crippen molar-refractivity contribution in [1.29, 1.82) is 0 Å². The molecule has 3 nitrogen and oxygen atoms in total. The van der Waals surface area contributed by atoms with Crippen molar-refractivity contribution in [3.8, 4) is 0 Å². The van der Waals surface area contributed by atoms with Gasteiger partial charge in [-0.1, -0.05) is 20.3 Å². The average molecular weight is 206 g/mol. The van der Waals surface area contributed by atoms with Gasteiger partial charge in [0.1, 0.15) is 0 Å². The van der Waals surface area contributed by atoms with Crippen LogP contribution in [0.5, 0.6) is 0 Å². The van der Waals surface area contributed by atoms with E-state index in [1.807, 2.05) is 13.8 Å². The van der Waals surface area contributed by atoms with E-state index in [9.17, 15) is 4.79 Å². The molecule has 0 spiro atoms. The smallest absolute Gasteiger partial charge is 0.256 e. The second-order valence-corrected chi connectivity index (χ2v) is 4.76. The van der Waals surface area contributed by atoms with Gasteiger partial charge in [0.05, 0.1) is 6.33 Å². The molecule has 0 aromatic carbocycles. The molecule has 1 aliphatic carbocycles. The molecule has 0 amide bonds. The van der Waals surface area contributed by atoms with E-state index in [1.54, 1.807) is 17.1 Å². The third kappa shape index (κ3) is 2.11. The number of hydrogen-bond acceptors (Lipinski definition) is 2. The van der Waals surface area contributed by atoms with Crippen molar-refractivity contribution in [3.05, 3.63) is 28.4 Å². The average Bonchev–Trinajstić information content (AvgIpc) is 2.13. The van der Waals surface area contributed by atoms with Crippen molar-refractivity contribution >= 4 is 0 Å². The Morgan fingerprint density at radius 3 is 2.80 bits per heavy atom. The Morgan fingerprint density at radius 2 is 2.27 bits per heavy atom. The van der Waals surface area contributed by atoms with Crippen LogP contribution in [0.25, 0.3) is 0 Å². The molecule has 0 aliphatic heterocycles. The number of nitrogens with zero attached hydrogens (tertiary/aromatic N) is 2. The molecule has 1 saturated carbocycles. The fourth-order valence-electron chi connectivity index (χ4n) is 1.95. The van der Waals surface area contributed by atoms with E-state index in [2.05, 4.69) is 4.98 Å². The molecule has 1 aliphatic rings. The largest absolute Gasteiger partial charge is 0.299 e. The quantitative estimate of drug-likeness (QED) is 0.759. The van der Waals surface area contributed by atoms with Gasteiger partial charge < -0.3 is 0 Å². The Morgan fingerprint density at radius 1 is 1.53 bits per heavy atom. The lowest BCUT2D eigenvalue weighted by atomic mass is 9.85. The molecular formula is C12H18N2O.